The van der Waals surface area contributed by atoms with E-state index in [4.69, 9.17) is 4.74 Å². The highest BCUT2D eigenvalue weighted by molar-refractivity contribution is 5.74. The molecule has 0 N–H and O–H groups in total. The van der Waals surface area contributed by atoms with E-state index in [0.29, 0.717) is 0 Å². The van der Waals surface area contributed by atoms with Crippen molar-refractivity contribution in [3.8, 4) is 0 Å². The van der Waals surface area contributed by atoms with Crippen LogP contribution in [0.5, 0.6) is 0 Å². The molecule has 0 aliphatic carbocycles. The van der Waals surface area contributed by atoms with E-state index >= 15 is 0 Å². The molecule has 28 heavy (non-hydrogen) atoms. The van der Waals surface area contributed by atoms with Crippen LogP contribution in [0, 0.1) is 0 Å². The van der Waals surface area contributed by atoms with Crippen LogP contribution in [0.1, 0.15) is 16.7 Å². The predicted molar refractivity (Wildman–Crippen MR) is 102 cm³/mol. The third kappa shape index (κ3) is 2.83. The first-order chi connectivity index (χ1) is 13.7. The lowest BCUT2D eigenvalue weighted by atomic mass is 9.75. The minimum absolute atomic E-state index is 0.343. The normalized spacial score (nSPS) is 17.0. The van der Waals surface area contributed by atoms with Gasteiger partial charge in [-0.15, -0.1) is 0 Å². The molecule has 1 amide bonds. The number of cyclic esters (lactones) is 1. The Bertz CT molecular complexity index is 836. The van der Waals surface area contributed by atoms with Crippen LogP contribution in [-0.2, 0) is 10.3 Å². The van der Waals surface area contributed by atoms with Crippen LogP contribution in [0.3, 0.4) is 0 Å². The Morgan fingerprint density at radius 2 is 1.18 bits per heavy atom. The molecule has 3 aromatic carbocycles. The van der Waals surface area contributed by atoms with Gasteiger partial charge >= 0.3 is 6.09 Å². The third-order valence-corrected chi connectivity index (χ3v) is 5.13. The lowest BCUT2D eigenvalue weighted by Gasteiger charge is -2.44. The van der Waals surface area contributed by atoms with Crippen molar-refractivity contribution >= 4 is 6.09 Å². The van der Waals surface area contributed by atoms with Crippen LogP contribution in [0.4, 0.5) is 13.6 Å². The maximum Gasteiger partial charge on any atom is 0.411 e. The molecule has 0 radical (unpaired) electrons. The van der Waals surface area contributed by atoms with Crippen molar-refractivity contribution in [1.29, 1.82) is 0 Å². The summed E-state index contributed by atoms with van der Waals surface area (Å²) >= 11 is 0. The second kappa shape index (κ2) is 7.43. The summed E-state index contributed by atoms with van der Waals surface area (Å²) in [4.78, 5) is 14.0. The summed E-state index contributed by atoms with van der Waals surface area (Å²) in [6, 6.07) is 26.4. The molecule has 1 aliphatic heterocycles. The number of hydrogen-bond acceptors (Lipinski definition) is 2. The first-order valence-corrected chi connectivity index (χ1v) is 9.06. The molecule has 1 atom stereocenters. The molecule has 0 unspecified atom stereocenters. The van der Waals surface area contributed by atoms with E-state index in [2.05, 4.69) is 0 Å². The highest BCUT2D eigenvalue weighted by Crippen LogP contribution is 2.46. The van der Waals surface area contributed by atoms with Crippen LogP contribution in [-0.4, -0.2) is 30.1 Å². The van der Waals surface area contributed by atoms with Gasteiger partial charge in [-0.1, -0.05) is 91.0 Å². The first kappa shape index (κ1) is 18.2. The minimum atomic E-state index is -2.73. The van der Waals surface area contributed by atoms with Gasteiger partial charge in [-0.3, -0.25) is 4.90 Å². The molecule has 1 aliphatic rings. The molecule has 3 aromatic rings. The highest BCUT2D eigenvalue weighted by Gasteiger charge is 2.54. The van der Waals surface area contributed by atoms with E-state index in [1.165, 1.54) is 4.90 Å². The Morgan fingerprint density at radius 3 is 1.54 bits per heavy atom. The van der Waals surface area contributed by atoms with E-state index in [1.54, 1.807) is 0 Å². The van der Waals surface area contributed by atoms with Gasteiger partial charge in [0.05, 0.1) is 0 Å². The molecule has 5 heteroatoms. The molecule has 0 saturated carbocycles. The standard InChI is InChI=1S/C23H19F2NO2/c24-21(25)20-16-28-22(27)26(20)23(17-10-4-1-5-11-17,18-12-6-2-7-13-18)19-14-8-3-9-15-19/h1-15,20-21H,16H2/t20-/m0/s1. The maximum atomic E-state index is 14.0. The van der Waals surface area contributed by atoms with Gasteiger partial charge in [0.15, 0.2) is 0 Å². The van der Waals surface area contributed by atoms with Crippen LogP contribution in [0.25, 0.3) is 0 Å². The highest BCUT2D eigenvalue weighted by atomic mass is 19.3. The summed E-state index contributed by atoms with van der Waals surface area (Å²) < 4.78 is 33.1. The molecule has 1 saturated heterocycles. The second-order valence-electron chi connectivity index (χ2n) is 6.66. The fourth-order valence-electron chi connectivity index (χ4n) is 3.96. The summed E-state index contributed by atoms with van der Waals surface area (Å²) in [7, 11) is 0. The minimum Gasteiger partial charge on any atom is -0.447 e. The number of carbonyl (C=O) groups excluding carboxylic acids is 1. The SMILES string of the molecule is O=C1OC[C@@H](C(F)F)N1C(c1ccccc1)(c1ccccc1)c1ccccc1. The van der Waals surface area contributed by atoms with Crippen LogP contribution in [0.15, 0.2) is 91.0 Å². The van der Waals surface area contributed by atoms with Gasteiger partial charge in [0, 0.05) is 0 Å². The van der Waals surface area contributed by atoms with Crippen LogP contribution in [0.2, 0.25) is 0 Å². The number of benzene rings is 3. The van der Waals surface area contributed by atoms with Gasteiger partial charge in [-0.05, 0) is 16.7 Å². The number of hydrogen-bond donors (Lipinski definition) is 0. The fraction of sp³-hybridized carbons (Fsp3) is 0.174. The largest absolute Gasteiger partial charge is 0.447 e. The number of halogens is 2. The topological polar surface area (TPSA) is 29.5 Å². The van der Waals surface area contributed by atoms with E-state index in [0.717, 1.165) is 16.7 Å². The maximum absolute atomic E-state index is 14.0. The number of nitrogens with zero attached hydrogens (tertiary/aromatic N) is 1. The molecule has 0 spiro atoms. The van der Waals surface area contributed by atoms with E-state index in [1.807, 2.05) is 91.0 Å². The van der Waals surface area contributed by atoms with Crippen LogP contribution >= 0.6 is 0 Å². The first-order valence-electron chi connectivity index (χ1n) is 9.06. The van der Waals surface area contributed by atoms with Gasteiger partial charge in [0.25, 0.3) is 6.43 Å². The quantitative estimate of drug-likeness (QED) is 0.580. The fourth-order valence-corrected chi connectivity index (χ4v) is 3.96. The Morgan fingerprint density at radius 1 is 0.786 bits per heavy atom. The average Bonchev–Trinajstić information content (AvgIpc) is 3.13. The van der Waals surface area contributed by atoms with E-state index in [9.17, 15) is 13.6 Å². The Balaban J connectivity index is 2.09. The molecule has 142 valence electrons. The summed E-state index contributed by atoms with van der Waals surface area (Å²) in [6.07, 6.45) is -3.48. The Kier molecular flexibility index (Phi) is 4.82. The van der Waals surface area contributed by atoms with Crippen molar-refractivity contribution in [3.05, 3.63) is 108 Å². The summed E-state index contributed by atoms with van der Waals surface area (Å²) in [6.45, 7) is -0.343. The molecule has 0 aromatic heterocycles. The predicted octanol–water partition coefficient (Wildman–Crippen LogP) is 5.06. The monoisotopic (exact) mass is 379 g/mol. The van der Waals surface area contributed by atoms with Crippen molar-refractivity contribution in [2.45, 2.75) is 18.0 Å². The van der Waals surface area contributed by atoms with Crippen molar-refractivity contribution in [3.63, 3.8) is 0 Å². The zero-order valence-corrected chi connectivity index (χ0v) is 15.0. The van der Waals surface area contributed by atoms with Gasteiger partial charge in [0.2, 0.25) is 0 Å². The summed E-state index contributed by atoms with van der Waals surface area (Å²) in [5.41, 5.74) is 0.920. The van der Waals surface area contributed by atoms with Gasteiger partial charge in [-0.2, -0.15) is 0 Å². The van der Waals surface area contributed by atoms with Gasteiger partial charge in [0.1, 0.15) is 18.2 Å². The Hall–Kier alpha value is -3.21. The molecular weight excluding hydrogens is 360 g/mol. The summed E-state index contributed by atoms with van der Waals surface area (Å²) in [5, 5.41) is 0. The average molecular weight is 379 g/mol. The number of carbonyl (C=O) groups is 1. The lowest BCUT2D eigenvalue weighted by molar-refractivity contribution is 0.0336. The van der Waals surface area contributed by atoms with Gasteiger partial charge in [-0.25, -0.2) is 13.6 Å². The van der Waals surface area contributed by atoms with Crippen molar-refractivity contribution in [2.75, 3.05) is 6.61 Å². The summed E-state index contributed by atoms with van der Waals surface area (Å²) in [5.74, 6) is 0. The smallest absolute Gasteiger partial charge is 0.411 e. The van der Waals surface area contributed by atoms with Crippen molar-refractivity contribution in [1.82, 2.24) is 4.90 Å². The zero-order chi connectivity index (χ0) is 19.6. The van der Waals surface area contributed by atoms with Crippen molar-refractivity contribution in [2.24, 2.45) is 0 Å². The van der Waals surface area contributed by atoms with Crippen LogP contribution < -0.4 is 0 Å². The van der Waals surface area contributed by atoms with Gasteiger partial charge < -0.3 is 4.74 Å². The molecule has 3 nitrogen and oxygen atoms in total. The van der Waals surface area contributed by atoms with E-state index < -0.39 is 24.1 Å². The number of rotatable bonds is 5. The zero-order valence-electron chi connectivity index (χ0n) is 15.0. The second-order valence-corrected chi connectivity index (χ2v) is 6.66. The number of ether oxygens (including phenoxy) is 1. The molecule has 1 heterocycles. The number of alkyl halides is 2. The lowest BCUT2D eigenvalue weighted by Crippen LogP contribution is -2.54. The van der Waals surface area contributed by atoms with Crippen molar-refractivity contribution < 1.29 is 18.3 Å². The van der Waals surface area contributed by atoms with E-state index in [-0.39, 0.29) is 6.61 Å². The molecule has 4 rings (SSSR count). The number of amides is 1. The molecule has 1 fully saturated rings. The third-order valence-electron chi connectivity index (χ3n) is 5.13. The molecule has 0 bridgehead atoms. The Labute approximate surface area is 162 Å². The molecular formula is C23H19F2NO2.